The lowest BCUT2D eigenvalue weighted by Gasteiger charge is -2.45. The number of amides is 1. The number of nitrogens with zero attached hydrogens (tertiary/aromatic N) is 1. The molecule has 1 amide bonds. The lowest BCUT2D eigenvalue weighted by molar-refractivity contribution is -0.124. The second kappa shape index (κ2) is 6.98. The van der Waals surface area contributed by atoms with Gasteiger partial charge in [-0.2, -0.15) is 0 Å². The van der Waals surface area contributed by atoms with Crippen molar-refractivity contribution in [1.82, 2.24) is 5.32 Å². The number of aliphatic imine (C=N–C) groups is 1. The van der Waals surface area contributed by atoms with Crippen molar-refractivity contribution in [3.05, 3.63) is 64.7 Å². The maximum atomic E-state index is 12.9. The van der Waals surface area contributed by atoms with Crippen LogP contribution in [0.5, 0.6) is 5.75 Å². The summed E-state index contributed by atoms with van der Waals surface area (Å²) in [6.07, 6.45) is 1.74. The largest absolute Gasteiger partial charge is 0.508 e. The highest BCUT2D eigenvalue weighted by atomic mass is 35.5. The smallest absolute Gasteiger partial charge is 0.246 e. The minimum Gasteiger partial charge on any atom is -0.508 e. The molecule has 0 bridgehead atoms. The zero-order chi connectivity index (χ0) is 19.0. The number of rotatable bonds is 3. The molecule has 2 aromatic rings. The molecule has 0 saturated heterocycles. The second-order valence-electron chi connectivity index (χ2n) is 7.18. The maximum absolute atomic E-state index is 12.9. The molecule has 5 nitrogen and oxygen atoms in total. The maximum Gasteiger partial charge on any atom is 0.246 e. The Morgan fingerprint density at radius 2 is 1.93 bits per heavy atom. The van der Waals surface area contributed by atoms with Gasteiger partial charge in [-0.1, -0.05) is 41.9 Å². The van der Waals surface area contributed by atoms with Crippen LogP contribution in [0.4, 0.5) is 0 Å². The molecule has 1 aliphatic heterocycles. The van der Waals surface area contributed by atoms with Crippen molar-refractivity contribution in [2.45, 2.75) is 43.4 Å². The number of carbonyl (C=O) groups is 1. The first-order valence-corrected chi connectivity index (χ1v) is 9.48. The van der Waals surface area contributed by atoms with Crippen LogP contribution in [0.1, 0.15) is 30.4 Å². The minimum atomic E-state index is -0.849. The third kappa shape index (κ3) is 3.22. The predicted molar refractivity (Wildman–Crippen MR) is 104 cm³/mol. The molecule has 4 rings (SSSR count). The molecule has 27 heavy (non-hydrogen) atoms. The molecule has 0 spiro atoms. The molecule has 3 N–H and O–H groups in total. The van der Waals surface area contributed by atoms with Crippen molar-refractivity contribution in [3.8, 4) is 5.75 Å². The Balaban J connectivity index is 1.74. The first kappa shape index (κ1) is 18.0. The molecule has 1 heterocycles. The third-order valence-corrected chi connectivity index (χ3v) is 5.75. The lowest BCUT2D eigenvalue weighted by Crippen LogP contribution is -2.63. The van der Waals surface area contributed by atoms with Crippen LogP contribution >= 0.6 is 11.6 Å². The van der Waals surface area contributed by atoms with Crippen LogP contribution < -0.4 is 5.32 Å². The number of halogens is 1. The topological polar surface area (TPSA) is 81.9 Å². The molecule has 1 aliphatic carbocycles. The van der Waals surface area contributed by atoms with Crippen LogP contribution in [0.2, 0.25) is 5.02 Å². The summed E-state index contributed by atoms with van der Waals surface area (Å²) < 4.78 is 0. The molecule has 1 fully saturated rings. The lowest BCUT2D eigenvalue weighted by atomic mass is 9.72. The van der Waals surface area contributed by atoms with Crippen LogP contribution in [-0.2, 0) is 16.8 Å². The van der Waals surface area contributed by atoms with Crippen molar-refractivity contribution < 1.29 is 15.0 Å². The summed E-state index contributed by atoms with van der Waals surface area (Å²) in [5.74, 6) is -0.000515. The summed E-state index contributed by atoms with van der Waals surface area (Å²) in [5, 5.41) is 23.8. The average molecular weight is 385 g/mol. The first-order chi connectivity index (χ1) is 13.0. The van der Waals surface area contributed by atoms with Crippen LogP contribution in [0.3, 0.4) is 0 Å². The fraction of sp³-hybridized carbons (Fsp3) is 0.333. The van der Waals surface area contributed by atoms with Gasteiger partial charge in [-0.3, -0.25) is 9.79 Å². The number of benzene rings is 2. The Labute approximate surface area is 162 Å². The number of hydrogen-bond donors (Lipinski definition) is 3. The molecule has 2 unspecified atom stereocenters. The number of nitrogens with one attached hydrogen (secondary N) is 1. The Morgan fingerprint density at radius 3 is 2.67 bits per heavy atom. The highest BCUT2D eigenvalue weighted by Gasteiger charge is 2.49. The van der Waals surface area contributed by atoms with E-state index in [4.69, 9.17) is 16.6 Å². The number of aliphatic hydroxyl groups excluding tert-OH is 1. The van der Waals surface area contributed by atoms with Gasteiger partial charge in [0.05, 0.1) is 11.8 Å². The molecule has 3 atom stereocenters. The number of fused-ring (bicyclic) bond motifs is 1. The van der Waals surface area contributed by atoms with Gasteiger partial charge in [-0.25, -0.2) is 0 Å². The van der Waals surface area contributed by atoms with E-state index in [-0.39, 0.29) is 11.7 Å². The Morgan fingerprint density at radius 1 is 1.19 bits per heavy atom. The Kier molecular flexibility index (Phi) is 4.66. The molecule has 2 aliphatic rings. The number of aromatic hydroxyl groups is 1. The summed E-state index contributed by atoms with van der Waals surface area (Å²) in [7, 11) is 0. The number of hydrogen-bond acceptors (Lipinski definition) is 4. The molecule has 0 radical (unpaired) electrons. The zero-order valence-corrected chi connectivity index (χ0v) is 15.5. The van der Waals surface area contributed by atoms with Crippen molar-refractivity contribution in [1.29, 1.82) is 0 Å². The summed E-state index contributed by atoms with van der Waals surface area (Å²) >= 11 is 6.44. The van der Waals surface area contributed by atoms with Crippen LogP contribution in [0.15, 0.2) is 53.5 Å². The van der Waals surface area contributed by atoms with Gasteiger partial charge in [0.2, 0.25) is 5.91 Å². The van der Waals surface area contributed by atoms with Gasteiger partial charge in [0, 0.05) is 17.0 Å². The van der Waals surface area contributed by atoms with Crippen molar-refractivity contribution >= 4 is 23.2 Å². The van der Waals surface area contributed by atoms with E-state index in [2.05, 4.69) is 5.32 Å². The standard InChI is InChI=1S/C21H21ClN2O3/c22-16-5-2-1-4-15(16)21-11-3-6-18(26)19(21)23-17(20(27)24-21)12-13-7-9-14(25)10-8-13/h1-2,4-5,7-10,17-18,25-26H,3,6,11-12H2,(H,24,27)/t17?,18-,21?/m1/s1. The van der Waals surface area contributed by atoms with E-state index in [0.717, 1.165) is 17.5 Å². The van der Waals surface area contributed by atoms with Crippen LogP contribution in [-0.4, -0.2) is 34.0 Å². The van der Waals surface area contributed by atoms with E-state index in [1.807, 2.05) is 18.2 Å². The van der Waals surface area contributed by atoms with Gasteiger partial charge < -0.3 is 15.5 Å². The fourth-order valence-corrected chi connectivity index (χ4v) is 4.39. The Bertz CT molecular complexity index is 897. The van der Waals surface area contributed by atoms with E-state index in [1.54, 1.807) is 30.3 Å². The summed E-state index contributed by atoms with van der Waals surface area (Å²) in [5.41, 5.74) is 1.41. The average Bonchev–Trinajstić information content (AvgIpc) is 2.65. The van der Waals surface area contributed by atoms with E-state index < -0.39 is 17.7 Å². The number of phenolic OH excluding ortho intramolecular Hbond substituents is 1. The number of carbonyl (C=O) groups excluding carboxylic acids is 1. The minimum absolute atomic E-state index is 0.179. The first-order valence-electron chi connectivity index (χ1n) is 9.11. The van der Waals surface area contributed by atoms with Gasteiger partial charge >= 0.3 is 0 Å². The third-order valence-electron chi connectivity index (χ3n) is 5.42. The van der Waals surface area contributed by atoms with Crippen molar-refractivity contribution in [2.24, 2.45) is 4.99 Å². The van der Waals surface area contributed by atoms with Crippen LogP contribution in [0, 0.1) is 0 Å². The normalized spacial score (nSPS) is 27.5. The molecular weight excluding hydrogens is 364 g/mol. The summed E-state index contributed by atoms with van der Waals surface area (Å²) in [4.78, 5) is 17.6. The fourth-order valence-electron chi connectivity index (χ4n) is 4.09. The summed E-state index contributed by atoms with van der Waals surface area (Å²) in [6, 6.07) is 13.5. The summed E-state index contributed by atoms with van der Waals surface area (Å²) in [6.45, 7) is 0. The SMILES string of the molecule is O=C1NC2(c3ccccc3Cl)CCC[C@@H](O)C2=NC1Cc1ccc(O)cc1. The molecule has 140 valence electrons. The number of aliphatic hydroxyl groups is 1. The van der Waals surface area contributed by atoms with Crippen LogP contribution in [0.25, 0.3) is 0 Å². The molecule has 1 saturated carbocycles. The van der Waals surface area contributed by atoms with Gasteiger partial charge in [0.25, 0.3) is 0 Å². The van der Waals surface area contributed by atoms with Gasteiger partial charge in [-0.15, -0.1) is 0 Å². The van der Waals surface area contributed by atoms with E-state index in [9.17, 15) is 15.0 Å². The number of phenols is 1. The molecule has 2 aromatic carbocycles. The van der Waals surface area contributed by atoms with Gasteiger partial charge in [0.1, 0.15) is 17.3 Å². The van der Waals surface area contributed by atoms with E-state index in [1.165, 1.54) is 0 Å². The highest BCUT2D eigenvalue weighted by Crippen LogP contribution is 2.41. The van der Waals surface area contributed by atoms with E-state index >= 15 is 0 Å². The second-order valence-corrected chi connectivity index (χ2v) is 7.59. The van der Waals surface area contributed by atoms with Crippen molar-refractivity contribution in [3.63, 3.8) is 0 Å². The predicted octanol–water partition coefficient (Wildman–Crippen LogP) is 2.97. The quantitative estimate of drug-likeness (QED) is 0.760. The molecular formula is C21H21ClN2O3. The highest BCUT2D eigenvalue weighted by molar-refractivity contribution is 6.32. The van der Waals surface area contributed by atoms with Gasteiger partial charge in [0.15, 0.2) is 0 Å². The van der Waals surface area contributed by atoms with E-state index in [0.29, 0.717) is 30.0 Å². The Hall–Kier alpha value is -2.37. The molecule has 0 aromatic heterocycles. The van der Waals surface area contributed by atoms with Crippen molar-refractivity contribution in [2.75, 3.05) is 0 Å². The molecule has 6 heteroatoms. The monoisotopic (exact) mass is 384 g/mol. The zero-order valence-electron chi connectivity index (χ0n) is 14.7. The van der Waals surface area contributed by atoms with Gasteiger partial charge in [-0.05, 0) is 43.0 Å².